The fraction of sp³-hybridized carbons (Fsp3) is 0.500. The van der Waals surface area contributed by atoms with Crippen molar-refractivity contribution in [2.45, 2.75) is 20.3 Å². The predicted molar refractivity (Wildman–Crippen MR) is 61.5 cm³/mol. The summed E-state index contributed by atoms with van der Waals surface area (Å²) >= 11 is 0. The average molecular weight is 209 g/mol. The van der Waals surface area contributed by atoms with E-state index >= 15 is 0 Å². The van der Waals surface area contributed by atoms with Crippen LogP contribution in [0.2, 0.25) is 0 Å². The zero-order valence-corrected chi connectivity index (χ0v) is 9.42. The van der Waals surface area contributed by atoms with Gasteiger partial charge in [-0.25, -0.2) is 0 Å². The number of para-hydroxylation sites is 1. The maximum atomic E-state index is 9.87. The number of phenols is 1. The molecule has 0 bridgehead atoms. The van der Waals surface area contributed by atoms with Crippen molar-refractivity contribution in [3.8, 4) is 11.5 Å². The molecule has 1 aromatic rings. The third-order valence-electron chi connectivity index (χ3n) is 2.20. The minimum Gasteiger partial charge on any atom is -0.504 e. The first kappa shape index (κ1) is 11.9. The van der Waals surface area contributed by atoms with E-state index in [1.54, 1.807) is 6.07 Å². The second-order valence-electron chi connectivity index (χ2n) is 3.30. The molecule has 0 heterocycles. The summed E-state index contributed by atoms with van der Waals surface area (Å²) in [5.41, 5.74) is 0.932. The third kappa shape index (κ3) is 3.44. The molecule has 0 radical (unpaired) electrons. The van der Waals surface area contributed by atoms with Crippen molar-refractivity contribution in [3.63, 3.8) is 0 Å². The van der Waals surface area contributed by atoms with E-state index in [4.69, 9.17) is 4.74 Å². The number of benzene rings is 1. The Morgan fingerprint density at radius 3 is 2.80 bits per heavy atom. The van der Waals surface area contributed by atoms with Gasteiger partial charge in [-0.3, -0.25) is 0 Å². The van der Waals surface area contributed by atoms with Gasteiger partial charge in [-0.1, -0.05) is 19.1 Å². The number of phenolic OH excluding ortho intramolecular Hbond substituents is 1. The summed E-state index contributed by atoms with van der Waals surface area (Å²) in [7, 11) is 0. The highest BCUT2D eigenvalue weighted by Crippen LogP contribution is 2.29. The van der Waals surface area contributed by atoms with Crippen molar-refractivity contribution in [2.24, 2.45) is 0 Å². The second-order valence-corrected chi connectivity index (χ2v) is 3.30. The lowest BCUT2D eigenvalue weighted by atomic mass is 10.1. The van der Waals surface area contributed by atoms with E-state index in [1.165, 1.54) is 0 Å². The highest BCUT2D eigenvalue weighted by Gasteiger charge is 2.06. The molecule has 0 aromatic heterocycles. The van der Waals surface area contributed by atoms with Crippen molar-refractivity contribution in [2.75, 3.05) is 19.7 Å². The van der Waals surface area contributed by atoms with Crippen molar-refractivity contribution in [1.82, 2.24) is 5.32 Å². The third-order valence-corrected chi connectivity index (χ3v) is 2.20. The van der Waals surface area contributed by atoms with Crippen LogP contribution in [0.3, 0.4) is 0 Å². The van der Waals surface area contributed by atoms with Crippen molar-refractivity contribution < 1.29 is 9.84 Å². The SMILES string of the molecule is CCNCCc1cccc(OCC)c1O. The summed E-state index contributed by atoms with van der Waals surface area (Å²) in [5.74, 6) is 0.851. The van der Waals surface area contributed by atoms with Gasteiger partial charge in [0.15, 0.2) is 11.5 Å². The monoisotopic (exact) mass is 209 g/mol. The molecule has 1 aromatic carbocycles. The first-order valence-electron chi connectivity index (χ1n) is 5.44. The topological polar surface area (TPSA) is 41.5 Å². The second kappa shape index (κ2) is 6.30. The molecule has 84 valence electrons. The van der Waals surface area contributed by atoms with Crippen LogP contribution in [0, 0.1) is 0 Å². The lowest BCUT2D eigenvalue weighted by molar-refractivity contribution is 0.316. The molecule has 3 heteroatoms. The van der Waals surface area contributed by atoms with Gasteiger partial charge >= 0.3 is 0 Å². The normalized spacial score (nSPS) is 10.3. The Hall–Kier alpha value is -1.22. The van der Waals surface area contributed by atoms with Gasteiger partial charge in [0.1, 0.15) is 0 Å². The quantitative estimate of drug-likeness (QED) is 0.703. The Kier molecular flexibility index (Phi) is 4.98. The average Bonchev–Trinajstić information content (AvgIpc) is 2.24. The van der Waals surface area contributed by atoms with Gasteiger partial charge in [0.2, 0.25) is 0 Å². The van der Waals surface area contributed by atoms with Crippen LogP contribution in [0.5, 0.6) is 11.5 Å². The first-order chi connectivity index (χ1) is 7.29. The molecule has 0 saturated heterocycles. The lowest BCUT2D eigenvalue weighted by Gasteiger charge is -2.10. The number of nitrogens with one attached hydrogen (secondary N) is 1. The summed E-state index contributed by atoms with van der Waals surface area (Å²) in [4.78, 5) is 0. The summed E-state index contributed by atoms with van der Waals surface area (Å²) in [6, 6.07) is 5.62. The molecule has 2 N–H and O–H groups in total. The smallest absolute Gasteiger partial charge is 0.161 e. The number of ether oxygens (including phenoxy) is 1. The molecule has 0 aliphatic heterocycles. The van der Waals surface area contributed by atoms with Crippen LogP contribution < -0.4 is 10.1 Å². The Balaban J connectivity index is 2.66. The Morgan fingerprint density at radius 2 is 2.13 bits per heavy atom. The lowest BCUT2D eigenvalue weighted by Crippen LogP contribution is -2.16. The number of rotatable bonds is 6. The molecule has 15 heavy (non-hydrogen) atoms. The number of likely N-dealkylation sites (N-methyl/N-ethyl adjacent to an activating group) is 1. The largest absolute Gasteiger partial charge is 0.504 e. The molecular weight excluding hydrogens is 190 g/mol. The highest BCUT2D eigenvalue weighted by atomic mass is 16.5. The maximum absolute atomic E-state index is 9.87. The molecule has 0 atom stereocenters. The molecule has 3 nitrogen and oxygen atoms in total. The Labute approximate surface area is 91.1 Å². The van der Waals surface area contributed by atoms with Gasteiger partial charge in [0.05, 0.1) is 6.61 Å². The predicted octanol–water partition coefficient (Wildman–Crippen LogP) is 1.94. The van der Waals surface area contributed by atoms with E-state index in [-0.39, 0.29) is 5.75 Å². The molecule has 0 amide bonds. The molecule has 0 fully saturated rings. The van der Waals surface area contributed by atoms with E-state index < -0.39 is 0 Å². The van der Waals surface area contributed by atoms with Crippen molar-refractivity contribution in [3.05, 3.63) is 23.8 Å². The molecule has 0 aliphatic carbocycles. The minimum atomic E-state index is 0.275. The molecule has 0 unspecified atom stereocenters. The van der Waals surface area contributed by atoms with Gasteiger partial charge < -0.3 is 15.2 Å². The van der Waals surface area contributed by atoms with Gasteiger partial charge in [-0.05, 0) is 38.1 Å². The zero-order chi connectivity index (χ0) is 11.1. The summed E-state index contributed by atoms with van der Waals surface area (Å²) < 4.78 is 5.31. The van der Waals surface area contributed by atoms with Crippen LogP contribution in [-0.2, 0) is 6.42 Å². The number of hydrogen-bond acceptors (Lipinski definition) is 3. The number of hydrogen-bond donors (Lipinski definition) is 2. The van der Waals surface area contributed by atoms with Crippen molar-refractivity contribution in [1.29, 1.82) is 0 Å². The summed E-state index contributed by atoms with van der Waals surface area (Å²) in [6.07, 6.45) is 0.820. The van der Waals surface area contributed by atoms with E-state index in [1.807, 2.05) is 19.1 Å². The van der Waals surface area contributed by atoms with Crippen LogP contribution >= 0.6 is 0 Å². The first-order valence-corrected chi connectivity index (χ1v) is 5.44. The fourth-order valence-electron chi connectivity index (χ4n) is 1.44. The van der Waals surface area contributed by atoms with Crippen LogP contribution in [0.1, 0.15) is 19.4 Å². The summed E-state index contributed by atoms with van der Waals surface area (Å²) in [6.45, 7) is 6.37. The van der Waals surface area contributed by atoms with Gasteiger partial charge in [-0.2, -0.15) is 0 Å². The molecule has 0 saturated carbocycles. The van der Waals surface area contributed by atoms with E-state index in [0.29, 0.717) is 12.4 Å². The fourth-order valence-corrected chi connectivity index (χ4v) is 1.44. The maximum Gasteiger partial charge on any atom is 0.161 e. The van der Waals surface area contributed by atoms with Crippen LogP contribution in [0.15, 0.2) is 18.2 Å². The molecule has 0 spiro atoms. The van der Waals surface area contributed by atoms with Gasteiger partial charge in [0, 0.05) is 0 Å². The van der Waals surface area contributed by atoms with Crippen LogP contribution in [0.25, 0.3) is 0 Å². The highest BCUT2D eigenvalue weighted by molar-refractivity contribution is 5.45. The van der Waals surface area contributed by atoms with E-state index in [2.05, 4.69) is 12.2 Å². The van der Waals surface area contributed by atoms with Gasteiger partial charge in [0.25, 0.3) is 0 Å². The van der Waals surface area contributed by atoms with Crippen LogP contribution in [0.4, 0.5) is 0 Å². The molecule has 1 rings (SSSR count). The number of aromatic hydroxyl groups is 1. The summed E-state index contributed by atoms with van der Waals surface area (Å²) in [5, 5.41) is 13.1. The standard InChI is InChI=1S/C12H19NO2/c1-3-13-9-8-10-6-5-7-11(12(10)14)15-4-2/h5-7,13-14H,3-4,8-9H2,1-2H3. The Bertz CT molecular complexity index is 300. The van der Waals surface area contributed by atoms with Crippen LogP contribution in [-0.4, -0.2) is 24.8 Å². The van der Waals surface area contributed by atoms with E-state index in [9.17, 15) is 5.11 Å². The Morgan fingerprint density at radius 1 is 1.33 bits per heavy atom. The zero-order valence-electron chi connectivity index (χ0n) is 9.42. The minimum absolute atomic E-state index is 0.275. The van der Waals surface area contributed by atoms with Crippen molar-refractivity contribution >= 4 is 0 Å². The molecule has 0 aliphatic rings. The van der Waals surface area contributed by atoms with E-state index in [0.717, 1.165) is 25.1 Å². The molecular formula is C12H19NO2. The van der Waals surface area contributed by atoms with Gasteiger partial charge in [-0.15, -0.1) is 0 Å².